The van der Waals surface area contributed by atoms with E-state index in [0.717, 1.165) is 0 Å². The molecule has 0 radical (unpaired) electrons. The van der Waals surface area contributed by atoms with Gasteiger partial charge < -0.3 is 24.6 Å². The van der Waals surface area contributed by atoms with Gasteiger partial charge in [0.1, 0.15) is 17.7 Å². The van der Waals surface area contributed by atoms with Crippen LogP contribution in [0.5, 0.6) is 0 Å². The Morgan fingerprint density at radius 2 is 1.89 bits per heavy atom. The summed E-state index contributed by atoms with van der Waals surface area (Å²) < 4.78 is 22.9. The number of alkyl carbamates (subject to hydrolysis) is 1. The highest BCUT2D eigenvalue weighted by molar-refractivity contribution is 5.91. The van der Waals surface area contributed by atoms with Crippen LogP contribution in [0, 0.1) is 0 Å². The minimum Gasteiger partial charge on any atom is -0.467 e. The lowest BCUT2D eigenvalue weighted by Crippen LogP contribution is -2.60. The van der Waals surface area contributed by atoms with Crippen molar-refractivity contribution in [2.45, 2.75) is 63.8 Å². The first-order valence-electron chi connectivity index (χ1n) is 9.30. The summed E-state index contributed by atoms with van der Waals surface area (Å²) in [6, 6.07) is -2.19. The number of carbonyl (C=O) groups excluding carboxylic acids is 4. The second-order valence-electron chi connectivity index (χ2n) is 7.98. The molecule has 0 aliphatic carbocycles. The number of esters is 1. The highest BCUT2D eigenvalue weighted by Gasteiger charge is 2.46. The molecule has 0 bridgehead atoms. The van der Waals surface area contributed by atoms with E-state index in [1.165, 1.54) is 16.9 Å². The third-order valence-electron chi connectivity index (χ3n) is 4.82. The number of fused-ring (bicyclic) bond motifs is 1. The standard InChI is InChI=1S/C18H28FN3O6/c1-18(2,3)28-17(26)20-12-10-21(14(23)9-19)8-7-11-5-6-13(16(25)27-4)22(11)15(12)24/h11-13H,5-10H2,1-4H3,(H,20,26)/t11-,12+,13+/m1/s1. The molecule has 0 aromatic heterocycles. The molecule has 0 aromatic carbocycles. The second kappa shape index (κ2) is 8.74. The summed E-state index contributed by atoms with van der Waals surface area (Å²) >= 11 is 0. The Hall–Kier alpha value is -2.39. The van der Waals surface area contributed by atoms with E-state index in [4.69, 9.17) is 9.47 Å². The monoisotopic (exact) mass is 401 g/mol. The lowest BCUT2D eigenvalue weighted by molar-refractivity contribution is -0.154. The van der Waals surface area contributed by atoms with Gasteiger partial charge in [0.25, 0.3) is 5.91 Å². The van der Waals surface area contributed by atoms with E-state index in [-0.39, 0.29) is 19.1 Å². The van der Waals surface area contributed by atoms with Crippen LogP contribution < -0.4 is 5.32 Å². The summed E-state index contributed by atoms with van der Waals surface area (Å²) in [6.07, 6.45) is 0.579. The fourth-order valence-electron chi connectivity index (χ4n) is 3.61. The van der Waals surface area contributed by atoms with Crippen LogP contribution in [-0.2, 0) is 23.9 Å². The van der Waals surface area contributed by atoms with Gasteiger partial charge in [0.05, 0.1) is 13.7 Å². The third-order valence-corrected chi connectivity index (χ3v) is 4.82. The number of carbonyl (C=O) groups is 4. The topological polar surface area (TPSA) is 105 Å². The van der Waals surface area contributed by atoms with Crippen molar-refractivity contribution in [3.8, 4) is 0 Å². The van der Waals surface area contributed by atoms with Gasteiger partial charge in [0.2, 0.25) is 5.91 Å². The molecule has 2 rings (SSSR count). The van der Waals surface area contributed by atoms with E-state index in [1.807, 2.05) is 0 Å². The van der Waals surface area contributed by atoms with Crippen LogP contribution in [0.2, 0.25) is 0 Å². The van der Waals surface area contributed by atoms with Crippen LogP contribution in [0.25, 0.3) is 0 Å². The predicted octanol–water partition coefficient (Wildman–Crippen LogP) is 0.614. The zero-order valence-electron chi connectivity index (χ0n) is 16.7. The highest BCUT2D eigenvalue weighted by Crippen LogP contribution is 2.30. The van der Waals surface area contributed by atoms with Gasteiger partial charge in [-0.25, -0.2) is 14.0 Å². The van der Waals surface area contributed by atoms with Crippen molar-refractivity contribution in [3.63, 3.8) is 0 Å². The van der Waals surface area contributed by atoms with Gasteiger partial charge in [-0.3, -0.25) is 9.59 Å². The summed E-state index contributed by atoms with van der Waals surface area (Å²) in [7, 11) is 1.25. The van der Waals surface area contributed by atoms with Crippen molar-refractivity contribution in [1.82, 2.24) is 15.1 Å². The average Bonchev–Trinajstić information content (AvgIpc) is 3.02. The van der Waals surface area contributed by atoms with Crippen LogP contribution in [0.1, 0.15) is 40.0 Å². The molecule has 2 fully saturated rings. The number of hydrogen-bond acceptors (Lipinski definition) is 6. The molecule has 28 heavy (non-hydrogen) atoms. The van der Waals surface area contributed by atoms with Crippen molar-refractivity contribution < 1.29 is 33.0 Å². The van der Waals surface area contributed by atoms with Gasteiger partial charge >= 0.3 is 12.1 Å². The predicted molar refractivity (Wildman–Crippen MR) is 96.0 cm³/mol. The fourth-order valence-corrected chi connectivity index (χ4v) is 3.61. The lowest BCUT2D eigenvalue weighted by Gasteiger charge is -2.38. The summed E-state index contributed by atoms with van der Waals surface area (Å²) in [5.74, 6) is -1.79. The molecule has 2 aliphatic heterocycles. The van der Waals surface area contributed by atoms with Gasteiger partial charge in [-0.1, -0.05) is 0 Å². The van der Waals surface area contributed by atoms with Crippen molar-refractivity contribution in [3.05, 3.63) is 0 Å². The maximum Gasteiger partial charge on any atom is 0.408 e. The molecule has 2 heterocycles. The minimum absolute atomic E-state index is 0.196. The molecule has 3 amide bonds. The number of amides is 3. The molecule has 2 aliphatic rings. The maximum atomic E-state index is 13.2. The molecule has 0 aromatic rings. The molecule has 1 N–H and O–H groups in total. The number of rotatable bonds is 3. The normalized spacial score (nSPS) is 25.5. The van der Waals surface area contributed by atoms with E-state index in [9.17, 15) is 23.6 Å². The number of alkyl halides is 1. The summed E-state index contributed by atoms with van der Waals surface area (Å²) in [5.41, 5.74) is -0.784. The Bertz CT molecular complexity index is 635. The van der Waals surface area contributed by atoms with E-state index >= 15 is 0 Å². The molecule has 3 atom stereocenters. The van der Waals surface area contributed by atoms with Gasteiger partial charge in [0.15, 0.2) is 6.67 Å². The molecule has 10 heteroatoms. The Morgan fingerprint density at radius 1 is 1.21 bits per heavy atom. The fraction of sp³-hybridized carbons (Fsp3) is 0.778. The Balaban J connectivity index is 2.27. The number of ether oxygens (including phenoxy) is 2. The summed E-state index contributed by atoms with van der Waals surface area (Å²) in [5, 5.41) is 2.47. The minimum atomic E-state index is -1.19. The van der Waals surface area contributed by atoms with Crippen LogP contribution in [0.3, 0.4) is 0 Å². The highest BCUT2D eigenvalue weighted by atomic mass is 19.1. The Morgan fingerprint density at radius 3 is 2.46 bits per heavy atom. The zero-order chi connectivity index (χ0) is 21.1. The van der Waals surface area contributed by atoms with Crippen molar-refractivity contribution in [2.24, 2.45) is 0 Å². The van der Waals surface area contributed by atoms with E-state index < -0.39 is 48.2 Å². The third kappa shape index (κ3) is 5.11. The van der Waals surface area contributed by atoms with Crippen LogP contribution in [0.4, 0.5) is 9.18 Å². The molecule has 9 nitrogen and oxygen atoms in total. The molecular weight excluding hydrogens is 373 g/mol. The maximum absolute atomic E-state index is 13.2. The van der Waals surface area contributed by atoms with Gasteiger partial charge in [-0.15, -0.1) is 0 Å². The first-order chi connectivity index (χ1) is 13.1. The molecule has 0 saturated carbocycles. The first-order valence-corrected chi connectivity index (χ1v) is 9.30. The largest absolute Gasteiger partial charge is 0.467 e. The van der Waals surface area contributed by atoms with E-state index in [1.54, 1.807) is 20.8 Å². The zero-order valence-corrected chi connectivity index (χ0v) is 16.7. The second-order valence-corrected chi connectivity index (χ2v) is 7.98. The quantitative estimate of drug-likeness (QED) is 0.695. The van der Waals surface area contributed by atoms with E-state index in [2.05, 4.69) is 5.32 Å². The number of halogens is 1. The SMILES string of the molecule is COC(=O)[C@@H]1CC[C@@H]2CCN(C(=O)CF)C[C@H](NC(=O)OC(C)(C)C)C(=O)N21. The number of nitrogens with zero attached hydrogens (tertiary/aromatic N) is 2. The van der Waals surface area contributed by atoms with Gasteiger partial charge in [0, 0.05) is 12.6 Å². The van der Waals surface area contributed by atoms with Crippen LogP contribution in [0.15, 0.2) is 0 Å². The first kappa shape index (κ1) is 21.9. The van der Waals surface area contributed by atoms with Crippen LogP contribution >= 0.6 is 0 Å². The number of hydrogen-bond donors (Lipinski definition) is 1. The number of methoxy groups -OCH3 is 1. The average molecular weight is 401 g/mol. The molecule has 0 spiro atoms. The Kier molecular flexibility index (Phi) is 6.84. The van der Waals surface area contributed by atoms with Crippen LogP contribution in [-0.4, -0.2) is 84.3 Å². The lowest BCUT2D eigenvalue weighted by atomic mass is 10.1. The smallest absolute Gasteiger partial charge is 0.408 e. The van der Waals surface area contributed by atoms with E-state index in [0.29, 0.717) is 19.3 Å². The molecule has 0 unspecified atom stereocenters. The van der Waals surface area contributed by atoms with Gasteiger partial charge in [-0.05, 0) is 40.0 Å². The van der Waals surface area contributed by atoms with Crippen molar-refractivity contribution >= 4 is 23.9 Å². The molecule has 2 saturated heterocycles. The summed E-state index contributed by atoms with van der Waals surface area (Å²) in [6.45, 7) is 3.86. The Labute approximate surface area is 163 Å². The molecule has 158 valence electrons. The molecular formula is C18H28FN3O6. The van der Waals surface area contributed by atoms with Crippen molar-refractivity contribution in [1.29, 1.82) is 0 Å². The van der Waals surface area contributed by atoms with Gasteiger partial charge in [-0.2, -0.15) is 0 Å². The van der Waals surface area contributed by atoms with Crippen molar-refractivity contribution in [2.75, 3.05) is 26.9 Å². The summed E-state index contributed by atoms with van der Waals surface area (Å²) in [4.78, 5) is 52.1. The number of nitrogens with one attached hydrogen (secondary N) is 1.